The highest BCUT2D eigenvalue weighted by molar-refractivity contribution is 5.20. The summed E-state index contributed by atoms with van der Waals surface area (Å²) >= 11 is 0. The van der Waals surface area contributed by atoms with Gasteiger partial charge in [0.1, 0.15) is 5.75 Å². The molecular formula is C17H26N2O. The van der Waals surface area contributed by atoms with Crippen LogP contribution in [0.15, 0.2) is 30.3 Å². The second-order valence-electron chi connectivity index (χ2n) is 6.07. The van der Waals surface area contributed by atoms with Crippen molar-refractivity contribution in [1.82, 2.24) is 10.2 Å². The Labute approximate surface area is 122 Å². The van der Waals surface area contributed by atoms with Crippen molar-refractivity contribution >= 4 is 0 Å². The molecular weight excluding hydrogens is 248 g/mol. The number of nitrogens with one attached hydrogen (secondary N) is 1. The molecule has 2 aliphatic heterocycles. The topological polar surface area (TPSA) is 24.5 Å². The average Bonchev–Trinajstić information content (AvgIpc) is 3.05. The zero-order valence-corrected chi connectivity index (χ0v) is 12.4. The van der Waals surface area contributed by atoms with E-state index in [2.05, 4.69) is 17.1 Å². The molecule has 2 fully saturated rings. The van der Waals surface area contributed by atoms with E-state index in [4.69, 9.17) is 4.74 Å². The van der Waals surface area contributed by atoms with Gasteiger partial charge in [-0.3, -0.25) is 4.90 Å². The summed E-state index contributed by atoms with van der Waals surface area (Å²) in [6, 6.07) is 10.9. The van der Waals surface area contributed by atoms with Gasteiger partial charge in [-0.15, -0.1) is 0 Å². The summed E-state index contributed by atoms with van der Waals surface area (Å²) in [6.07, 6.45) is 2.40. The lowest BCUT2D eigenvalue weighted by atomic mass is 9.93. The Balaban J connectivity index is 1.42. The SMILES string of the molecule is CCC1C2CNCC2CN1CCCOc1ccccc1. The Bertz CT molecular complexity index is 409. The van der Waals surface area contributed by atoms with Gasteiger partial charge in [-0.1, -0.05) is 25.1 Å². The Morgan fingerprint density at radius 2 is 2.10 bits per heavy atom. The van der Waals surface area contributed by atoms with Crippen LogP contribution in [-0.4, -0.2) is 43.7 Å². The molecule has 1 aromatic carbocycles. The summed E-state index contributed by atoms with van der Waals surface area (Å²) in [5, 5.41) is 3.55. The van der Waals surface area contributed by atoms with Crippen LogP contribution >= 0.6 is 0 Å². The van der Waals surface area contributed by atoms with E-state index >= 15 is 0 Å². The summed E-state index contributed by atoms with van der Waals surface area (Å²) in [7, 11) is 0. The van der Waals surface area contributed by atoms with Gasteiger partial charge < -0.3 is 10.1 Å². The third kappa shape index (κ3) is 2.99. The maximum absolute atomic E-state index is 5.79. The molecule has 0 bridgehead atoms. The number of likely N-dealkylation sites (tertiary alicyclic amines) is 1. The van der Waals surface area contributed by atoms with Gasteiger partial charge in [-0.05, 0) is 49.9 Å². The number of fused-ring (bicyclic) bond motifs is 1. The highest BCUT2D eigenvalue weighted by atomic mass is 16.5. The predicted molar refractivity (Wildman–Crippen MR) is 82.1 cm³/mol. The number of nitrogens with zero attached hydrogens (tertiary/aromatic N) is 1. The van der Waals surface area contributed by atoms with E-state index in [1.165, 1.54) is 32.6 Å². The summed E-state index contributed by atoms with van der Waals surface area (Å²) in [5.74, 6) is 2.76. The van der Waals surface area contributed by atoms with Crippen molar-refractivity contribution in [2.24, 2.45) is 11.8 Å². The molecule has 3 heteroatoms. The summed E-state index contributed by atoms with van der Waals surface area (Å²) in [6.45, 7) is 8.06. The fraction of sp³-hybridized carbons (Fsp3) is 0.647. The second-order valence-corrected chi connectivity index (χ2v) is 6.07. The molecule has 2 heterocycles. The number of para-hydroxylation sites is 1. The molecule has 1 aromatic rings. The Kier molecular flexibility index (Phi) is 4.58. The molecule has 0 aromatic heterocycles. The van der Waals surface area contributed by atoms with Crippen molar-refractivity contribution in [2.45, 2.75) is 25.8 Å². The van der Waals surface area contributed by atoms with Crippen LogP contribution in [0.1, 0.15) is 19.8 Å². The molecule has 20 heavy (non-hydrogen) atoms. The van der Waals surface area contributed by atoms with Crippen LogP contribution in [0.4, 0.5) is 0 Å². The molecule has 3 rings (SSSR count). The van der Waals surface area contributed by atoms with E-state index in [1.807, 2.05) is 30.3 Å². The van der Waals surface area contributed by atoms with Crippen LogP contribution in [0.3, 0.4) is 0 Å². The van der Waals surface area contributed by atoms with Crippen LogP contribution in [0.2, 0.25) is 0 Å². The van der Waals surface area contributed by atoms with Gasteiger partial charge >= 0.3 is 0 Å². The maximum Gasteiger partial charge on any atom is 0.119 e. The van der Waals surface area contributed by atoms with Crippen LogP contribution in [-0.2, 0) is 0 Å². The van der Waals surface area contributed by atoms with Crippen molar-refractivity contribution in [2.75, 3.05) is 32.8 Å². The number of hydrogen-bond donors (Lipinski definition) is 1. The lowest BCUT2D eigenvalue weighted by Gasteiger charge is -2.26. The van der Waals surface area contributed by atoms with Gasteiger partial charge in [-0.2, -0.15) is 0 Å². The summed E-state index contributed by atoms with van der Waals surface area (Å²) < 4.78 is 5.79. The van der Waals surface area contributed by atoms with E-state index in [9.17, 15) is 0 Å². The molecule has 2 saturated heterocycles. The van der Waals surface area contributed by atoms with Crippen molar-refractivity contribution in [3.05, 3.63) is 30.3 Å². The third-order valence-electron chi connectivity index (χ3n) is 4.84. The van der Waals surface area contributed by atoms with Gasteiger partial charge in [0, 0.05) is 19.1 Å². The maximum atomic E-state index is 5.79. The lowest BCUT2D eigenvalue weighted by molar-refractivity contribution is 0.197. The monoisotopic (exact) mass is 274 g/mol. The summed E-state index contributed by atoms with van der Waals surface area (Å²) in [5.41, 5.74) is 0. The average molecular weight is 274 g/mol. The zero-order valence-electron chi connectivity index (χ0n) is 12.4. The van der Waals surface area contributed by atoms with E-state index in [0.29, 0.717) is 0 Å². The summed E-state index contributed by atoms with van der Waals surface area (Å²) in [4.78, 5) is 2.70. The van der Waals surface area contributed by atoms with Crippen LogP contribution in [0.25, 0.3) is 0 Å². The van der Waals surface area contributed by atoms with E-state index in [-0.39, 0.29) is 0 Å². The first-order chi connectivity index (χ1) is 9.88. The number of hydrogen-bond acceptors (Lipinski definition) is 3. The van der Waals surface area contributed by atoms with Crippen molar-refractivity contribution < 1.29 is 4.74 Å². The van der Waals surface area contributed by atoms with Crippen molar-refractivity contribution in [3.8, 4) is 5.75 Å². The zero-order chi connectivity index (χ0) is 13.8. The minimum atomic E-state index is 0.784. The fourth-order valence-corrected chi connectivity index (χ4v) is 3.90. The fourth-order valence-electron chi connectivity index (χ4n) is 3.90. The molecule has 2 aliphatic rings. The number of ether oxygens (including phenoxy) is 1. The Morgan fingerprint density at radius 1 is 1.25 bits per heavy atom. The third-order valence-corrected chi connectivity index (χ3v) is 4.84. The van der Waals surface area contributed by atoms with Gasteiger partial charge in [0.15, 0.2) is 0 Å². The standard InChI is InChI=1S/C17H26N2O/c1-2-17-16-12-18-11-14(16)13-19(17)9-6-10-20-15-7-4-3-5-8-15/h3-5,7-8,14,16-18H,2,6,9-13H2,1H3. The first-order valence-corrected chi connectivity index (χ1v) is 8.01. The molecule has 0 amide bonds. The first kappa shape index (κ1) is 13.9. The van der Waals surface area contributed by atoms with E-state index in [1.54, 1.807) is 0 Å². The Morgan fingerprint density at radius 3 is 2.90 bits per heavy atom. The quantitative estimate of drug-likeness (QED) is 0.806. The normalized spacial score (nSPS) is 29.6. The lowest BCUT2D eigenvalue weighted by Crippen LogP contribution is -2.36. The molecule has 1 N–H and O–H groups in total. The molecule has 0 spiro atoms. The second kappa shape index (κ2) is 6.59. The van der Waals surface area contributed by atoms with Crippen LogP contribution in [0.5, 0.6) is 5.75 Å². The molecule has 110 valence electrons. The molecule has 0 aliphatic carbocycles. The van der Waals surface area contributed by atoms with Crippen molar-refractivity contribution in [3.63, 3.8) is 0 Å². The minimum absolute atomic E-state index is 0.784. The molecule has 0 radical (unpaired) electrons. The van der Waals surface area contributed by atoms with Crippen molar-refractivity contribution in [1.29, 1.82) is 0 Å². The molecule has 0 saturated carbocycles. The molecule has 3 atom stereocenters. The first-order valence-electron chi connectivity index (χ1n) is 8.01. The highest BCUT2D eigenvalue weighted by Gasteiger charge is 2.42. The van der Waals surface area contributed by atoms with Gasteiger partial charge in [-0.25, -0.2) is 0 Å². The van der Waals surface area contributed by atoms with Gasteiger partial charge in [0.2, 0.25) is 0 Å². The van der Waals surface area contributed by atoms with Crippen LogP contribution in [0, 0.1) is 11.8 Å². The smallest absolute Gasteiger partial charge is 0.119 e. The van der Waals surface area contributed by atoms with Gasteiger partial charge in [0.05, 0.1) is 6.61 Å². The number of benzene rings is 1. The molecule has 3 unspecified atom stereocenters. The predicted octanol–water partition coefficient (Wildman–Crippen LogP) is 2.39. The van der Waals surface area contributed by atoms with Gasteiger partial charge in [0.25, 0.3) is 0 Å². The number of rotatable bonds is 6. The Hall–Kier alpha value is -1.06. The molecule has 3 nitrogen and oxygen atoms in total. The highest BCUT2D eigenvalue weighted by Crippen LogP contribution is 2.34. The minimum Gasteiger partial charge on any atom is -0.494 e. The van der Waals surface area contributed by atoms with Crippen LogP contribution < -0.4 is 10.1 Å². The van der Waals surface area contributed by atoms with E-state index in [0.717, 1.165) is 36.7 Å². The largest absolute Gasteiger partial charge is 0.494 e. The van der Waals surface area contributed by atoms with E-state index < -0.39 is 0 Å².